The number of nitrogens with zero attached hydrogens (tertiary/aromatic N) is 1. The average molecular weight is 226 g/mol. The van der Waals surface area contributed by atoms with Crippen molar-refractivity contribution in [3.63, 3.8) is 0 Å². The van der Waals surface area contributed by atoms with Crippen LogP contribution < -0.4 is 0 Å². The monoisotopic (exact) mass is 225 g/mol. The highest BCUT2D eigenvalue weighted by atomic mass is 35.5. The Bertz CT molecular complexity index is 402. The van der Waals surface area contributed by atoms with Crippen molar-refractivity contribution in [3.05, 3.63) is 33.8 Å². The van der Waals surface area contributed by atoms with Crippen molar-refractivity contribution in [2.24, 2.45) is 5.92 Å². The molecule has 1 aromatic rings. The van der Waals surface area contributed by atoms with E-state index in [2.05, 4.69) is 6.07 Å². The molecular formula is C11H9Cl2N. The summed E-state index contributed by atoms with van der Waals surface area (Å²) >= 11 is 12.1. The van der Waals surface area contributed by atoms with Gasteiger partial charge in [-0.25, -0.2) is 0 Å². The molecule has 0 aromatic heterocycles. The van der Waals surface area contributed by atoms with Crippen LogP contribution in [-0.4, -0.2) is 0 Å². The molecular weight excluding hydrogens is 217 g/mol. The Labute approximate surface area is 93.2 Å². The van der Waals surface area contributed by atoms with Crippen LogP contribution in [-0.2, 0) is 5.41 Å². The largest absolute Gasteiger partial charge is 0.197 e. The van der Waals surface area contributed by atoms with Gasteiger partial charge in [-0.1, -0.05) is 36.2 Å². The Morgan fingerprint density at radius 2 is 1.93 bits per heavy atom. The van der Waals surface area contributed by atoms with Crippen molar-refractivity contribution < 1.29 is 0 Å². The van der Waals surface area contributed by atoms with Crippen molar-refractivity contribution in [1.29, 1.82) is 5.26 Å². The summed E-state index contributed by atoms with van der Waals surface area (Å²) in [7, 11) is 0. The van der Waals surface area contributed by atoms with E-state index in [1.54, 1.807) is 18.2 Å². The molecule has 14 heavy (non-hydrogen) atoms. The van der Waals surface area contributed by atoms with Crippen molar-refractivity contribution >= 4 is 23.2 Å². The maximum Gasteiger partial charge on any atom is 0.0880 e. The molecule has 0 aliphatic heterocycles. The van der Waals surface area contributed by atoms with Crippen LogP contribution in [0.5, 0.6) is 0 Å². The predicted octanol–water partition coefficient (Wildman–Crippen LogP) is 3.79. The molecule has 1 aliphatic rings. The Morgan fingerprint density at radius 3 is 2.29 bits per heavy atom. The normalized spacial score (nSPS) is 29.7. The third kappa shape index (κ3) is 1.22. The number of benzene rings is 1. The zero-order valence-corrected chi connectivity index (χ0v) is 9.23. The van der Waals surface area contributed by atoms with E-state index in [4.69, 9.17) is 28.5 Å². The van der Waals surface area contributed by atoms with E-state index in [9.17, 15) is 0 Å². The van der Waals surface area contributed by atoms with Crippen LogP contribution >= 0.6 is 23.2 Å². The Kier molecular flexibility index (Phi) is 2.21. The fourth-order valence-corrected chi connectivity index (χ4v) is 2.64. The second-order valence-corrected chi connectivity index (χ2v) is 4.60. The second kappa shape index (κ2) is 3.15. The highest BCUT2D eigenvalue weighted by molar-refractivity contribution is 6.36. The van der Waals surface area contributed by atoms with Gasteiger partial charge in [0.1, 0.15) is 0 Å². The lowest BCUT2D eigenvalue weighted by Gasteiger charge is -2.11. The van der Waals surface area contributed by atoms with Gasteiger partial charge in [-0.15, -0.1) is 0 Å². The fourth-order valence-electron chi connectivity index (χ4n) is 1.91. The molecule has 72 valence electrons. The average Bonchev–Trinajstić information content (AvgIpc) is 2.78. The SMILES string of the molecule is CC1CC1(C#N)c1c(Cl)cccc1Cl. The number of rotatable bonds is 1. The Balaban J connectivity index is 2.58. The molecule has 2 rings (SSSR count). The van der Waals surface area contributed by atoms with Crippen LogP contribution in [0.3, 0.4) is 0 Å². The van der Waals surface area contributed by atoms with Gasteiger partial charge in [-0.05, 0) is 24.5 Å². The molecule has 3 heteroatoms. The number of halogens is 2. The third-order valence-electron chi connectivity index (χ3n) is 2.92. The molecule has 0 saturated heterocycles. The number of hydrogen-bond acceptors (Lipinski definition) is 1. The van der Waals surface area contributed by atoms with Crippen molar-refractivity contribution in [2.75, 3.05) is 0 Å². The first kappa shape index (κ1) is 9.83. The van der Waals surface area contributed by atoms with E-state index in [1.165, 1.54) is 0 Å². The fraction of sp³-hybridized carbons (Fsp3) is 0.364. The maximum absolute atomic E-state index is 9.16. The summed E-state index contributed by atoms with van der Waals surface area (Å²) < 4.78 is 0. The predicted molar refractivity (Wildman–Crippen MR) is 57.5 cm³/mol. The van der Waals surface area contributed by atoms with Gasteiger partial charge < -0.3 is 0 Å². The van der Waals surface area contributed by atoms with Crippen molar-refractivity contribution in [3.8, 4) is 6.07 Å². The first-order valence-corrected chi connectivity index (χ1v) is 5.23. The van der Waals surface area contributed by atoms with Gasteiger partial charge in [-0.3, -0.25) is 0 Å². The van der Waals surface area contributed by atoms with E-state index < -0.39 is 5.41 Å². The highest BCUT2D eigenvalue weighted by Gasteiger charge is 2.55. The summed E-state index contributed by atoms with van der Waals surface area (Å²) in [6.45, 7) is 2.04. The molecule has 0 heterocycles. The summed E-state index contributed by atoms with van der Waals surface area (Å²) in [5.41, 5.74) is 0.369. The molecule has 0 bridgehead atoms. The summed E-state index contributed by atoms with van der Waals surface area (Å²) in [5.74, 6) is 0.352. The summed E-state index contributed by atoms with van der Waals surface area (Å²) in [6, 6.07) is 7.70. The number of nitriles is 1. The quantitative estimate of drug-likeness (QED) is 0.714. The molecule has 2 unspecified atom stereocenters. The standard InChI is InChI=1S/C11H9Cl2N/c1-7-5-11(7,6-14)10-8(12)3-2-4-9(10)13/h2-4,7H,5H2,1H3. The molecule has 0 spiro atoms. The van der Waals surface area contributed by atoms with E-state index in [1.807, 2.05) is 6.92 Å². The van der Waals surface area contributed by atoms with Crippen LogP contribution in [0.2, 0.25) is 10.0 Å². The molecule has 0 amide bonds. The summed E-state index contributed by atoms with van der Waals surface area (Å²) in [5, 5.41) is 10.4. The van der Waals surface area contributed by atoms with Gasteiger partial charge in [0.2, 0.25) is 0 Å². The van der Waals surface area contributed by atoms with E-state index in [-0.39, 0.29) is 0 Å². The molecule has 2 atom stereocenters. The molecule has 1 aliphatic carbocycles. The lowest BCUT2D eigenvalue weighted by molar-refractivity contribution is 0.792. The van der Waals surface area contributed by atoms with E-state index in [0.717, 1.165) is 12.0 Å². The molecule has 1 saturated carbocycles. The second-order valence-electron chi connectivity index (χ2n) is 3.78. The minimum atomic E-state index is -0.435. The van der Waals surface area contributed by atoms with Crippen LogP contribution in [0, 0.1) is 17.2 Å². The van der Waals surface area contributed by atoms with Crippen molar-refractivity contribution in [2.45, 2.75) is 18.8 Å². The maximum atomic E-state index is 9.16. The Morgan fingerprint density at radius 1 is 1.43 bits per heavy atom. The minimum Gasteiger partial charge on any atom is -0.197 e. The highest BCUT2D eigenvalue weighted by Crippen LogP contribution is 2.57. The smallest absolute Gasteiger partial charge is 0.0880 e. The van der Waals surface area contributed by atoms with Gasteiger partial charge >= 0.3 is 0 Å². The molecule has 1 nitrogen and oxygen atoms in total. The van der Waals surface area contributed by atoms with Crippen LogP contribution in [0.4, 0.5) is 0 Å². The van der Waals surface area contributed by atoms with E-state index >= 15 is 0 Å². The first-order valence-electron chi connectivity index (χ1n) is 4.47. The minimum absolute atomic E-state index is 0.352. The molecule has 1 aromatic carbocycles. The topological polar surface area (TPSA) is 23.8 Å². The van der Waals surface area contributed by atoms with Crippen molar-refractivity contribution in [1.82, 2.24) is 0 Å². The van der Waals surface area contributed by atoms with Gasteiger partial charge in [0.25, 0.3) is 0 Å². The Hall–Kier alpha value is -0.710. The van der Waals surface area contributed by atoms with Gasteiger partial charge in [0.05, 0.1) is 11.5 Å². The molecule has 0 N–H and O–H groups in total. The zero-order chi connectivity index (χ0) is 10.3. The lowest BCUT2D eigenvalue weighted by Crippen LogP contribution is -2.07. The third-order valence-corrected chi connectivity index (χ3v) is 3.55. The molecule has 1 fully saturated rings. The first-order chi connectivity index (χ1) is 6.62. The van der Waals surface area contributed by atoms with E-state index in [0.29, 0.717) is 16.0 Å². The van der Waals surface area contributed by atoms with Crippen LogP contribution in [0.1, 0.15) is 18.9 Å². The lowest BCUT2D eigenvalue weighted by atomic mass is 9.95. The van der Waals surface area contributed by atoms with Crippen LogP contribution in [0.15, 0.2) is 18.2 Å². The van der Waals surface area contributed by atoms with Gasteiger partial charge in [0.15, 0.2) is 0 Å². The zero-order valence-electron chi connectivity index (χ0n) is 7.72. The summed E-state index contributed by atoms with van der Waals surface area (Å²) in [6.07, 6.45) is 0.854. The number of hydrogen-bond donors (Lipinski definition) is 0. The van der Waals surface area contributed by atoms with Crippen LogP contribution in [0.25, 0.3) is 0 Å². The summed E-state index contributed by atoms with van der Waals surface area (Å²) in [4.78, 5) is 0. The van der Waals surface area contributed by atoms with Gasteiger partial charge in [-0.2, -0.15) is 5.26 Å². The van der Waals surface area contributed by atoms with Gasteiger partial charge in [0, 0.05) is 15.6 Å². The molecule has 0 radical (unpaired) electrons.